The lowest BCUT2D eigenvalue weighted by molar-refractivity contribution is 0.0638. The first-order chi connectivity index (χ1) is 10.4. The summed E-state index contributed by atoms with van der Waals surface area (Å²) in [6.07, 6.45) is -0.682. The summed E-state index contributed by atoms with van der Waals surface area (Å²) >= 11 is 1.41. The van der Waals surface area contributed by atoms with E-state index in [1.165, 1.54) is 11.3 Å². The number of aliphatic hydroxyl groups is 1. The van der Waals surface area contributed by atoms with Crippen LogP contribution >= 0.6 is 11.3 Å². The topological polar surface area (TPSA) is 53.4 Å². The molecule has 1 heterocycles. The van der Waals surface area contributed by atoms with Gasteiger partial charge in [0.25, 0.3) is 5.91 Å². The number of hydrogen-bond acceptors (Lipinski definition) is 4. The fourth-order valence-electron chi connectivity index (χ4n) is 2.33. The average molecular weight is 318 g/mol. The highest BCUT2D eigenvalue weighted by molar-refractivity contribution is 7.13. The van der Waals surface area contributed by atoms with Gasteiger partial charge in [-0.25, -0.2) is 4.98 Å². The Kier molecular flexibility index (Phi) is 5.32. The summed E-state index contributed by atoms with van der Waals surface area (Å²) in [5.74, 6) is -0.0586. The molecule has 4 nitrogen and oxygen atoms in total. The molecule has 0 aliphatic heterocycles. The van der Waals surface area contributed by atoms with Crippen molar-refractivity contribution >= 4 is 17.2 Å². The van der Waals surface area contributed by atoms with E-state index >= 15 is 0 Å². The molecule has 1 amide bonds. The molecule has 1 unspecified atom stereocenters. The molecule has 0 fully saturated rings. The van der Waals surface area contributed by atoms with Crippen LogP contribution in [0.15, 0.2) is 24.3 Å². The molecule has 0 spiro atoms. The van der Waals surface area contributed by atoms with Crippen molar-refractivity contribution in [2.75, 3.05) is 13.1 Å². The van der Waals surface area contributed by atoms with Crippen molar-refractivity contribution in [1.82, 2.24) is 9.88 Å². The lowest BCUT2D eigenvalue weighted by Gasteiger charge is -2.24. The molecule has 0 aliphatic carbocycles. The van der Waals surface area contributed by atoms with Crippen LogP contribution < -0.4 is 0 Å². The largest absolute Gasteiger partial charge is 0.387 e. The van der Waals surface area contributed by atoms with Crippen molar-refractivity contribution < 1.29 is 9.90 Å². The van der Waals surface area contributed by atoms with Crippen molar-refractivity contribution in [2.24, 2.45) is 0 Å². The van der Waals surface area contributed by atoms with E-state index in [1.54, 1.807) is 4.90 Å². The lowest BCUT2D eigenvalue weighted by Crippen LogP contribution is -2.34. The summed E-state index contributed by atoms with van der Waals surface area (Å²) in [6, 6.07) is 7.74. The summed E-state index contributed by atoms with van der Waals surface area (Å²) in [5.41, 5.74) is 2.74. The molecule has 1 aromatic heterocycles. The Morgan fingerprint density at radius 3 is 2.41 bits per heavy atom. The van der Waals surface area contributed by atoms with Crippen LogP contribution in [0.1, 0.15) is 44.5 Å². The summed E-state index contributed by atoms with van der Waals surface area (Å²) in [7, 11) is 0. The second-order valence-electron chi connectivity index (χ2n) is 5.42. The smallest absolute Gasteiger partial charge is 0.265 e. The number of thiazole rings is 1. The molecule has 0 saturated heterocycles. The van der Waals surface area contributed by atoms with E-state index in [-0.39, 0.29) is 12.5 Å². The van der Waals surface area contributed by atoms with Gasteiger partial charge in [0.2, 0.25) is 0 Å². The van der Waals surface area contributed by atoms with Gasteiger partial charge < -0.3 is 10.0 Å². The third-order valence-electron chi connectivity index (χ3n) is 3.62. The highest BCUT2D eigenvalue weighted by atomic mass is 32.1. The summed E-state index contributed by atoms with van der Waals surface area (Å²) in [6.45, 7) is 8.51. The van der Waals surface area contributed by atoms with Crippen molar-refractivity contribution in [2.45, 2.75) is 33.8 Å². The maximum absolute atomic E-state index is 12.6. The van der Waals surface area contributed by atoms with E-state index in [9.17, 15) is 9.90 Å². The molecule has 0 saturated carbocycles. The van der Waals surface area contributed by atoms with Crippen LogP contribution in [0, 0.1) is 20.8 Å². The Bertz CT molecular complexity index is 649. The van der Waals surface area contributed by atoms with Crippen LogP contribution in [-0.2, 0) is 0 Å². The Hall–Kier alpha value is -1.72. The molecule has 2 aromatic rings. The molecule has 0 aliphatic rings. The highest BCUT2D eigenvalue weighted by Gasteiger charge is 2.22. The number of rotatable bonds is 5. The average Bonchev–Trinajstić information content (AvgIpc) is 2.83. The van der Waals surface area contributed by atoms with E-state index in [4.69, 9.17) is 0 Å². The molecule has 1 atom stereocenters. The molecular weight excluding hydrogens is 296 g/mol. The maximum atomic E-state index is 12.6. The monoisotopic (exact) mass is 318 g/mol. The van der Waals surface area contributed by atoms with Crippen LogP contribution in [0.5, 0.6) is 0 Å². The van der Waals surface area contributed by atoms with Gasteiger partial charge >= 0.3 is 0 Å². The molecule has 1 N–H and O–H groups in total. The van der Waals surface area contributed by atoms with Gasteiger partial charge in [0, 0.05) is 6.54 Å². The Morgan fingerprint density at radius 2 is 1.91 bits per heavy atom. The standard InChI is InChI=1S/C17H22N2O2S/c1-5-19(17(21)16-12(3)18-13(4)22-16)10-15(20)14-8-6-11(2)7-9-14/h6-9,15,20H,5,10H2,1-4H3. The number of carbonyl (C=O) groups is 1. The number of amides is 1. The number of aliphatic hydroxyl groups excluding tert-OH is 1. The second kappa shape index (κ2) is 7.03. The maximum Gasteiger partial charge on any atom is 0.265 e. The number of carbonyl (C=O) groups excluding carboxylic acids is 1. The zero-order chi connectivity index (χ0) is 16.3. The minimum atomic E-state index is -0.682. The first kappa shape index (κ1) is 16.6. The molecular formula is C17H22N2O2S. The number of aromatic nitrogens is 1. The van der Waals surface area contributed by atoms with E-state index in [0.717, 1.165) is 21.8 Å². The van der Waals surface area contributed by atoms with Crippen LogP contribution in [0.25, 0.3) is 0 Å². The molecule has 22 heavy (non-hydrogen) atoms. The summed E-state index contributed by atoms with van der Waals surface area (Å²) in [5, 5.41) is 11.3. The SMILES string of the molecule is CCN(CC(O)c1ccc(C)cc1)C(=O)c1sc(C)nc1C. The number of hydrogen-bond donors (Lipinski definition) is 1. The van der Waals surface area contributed by atoms with Crippen molar-refractivity contribution in [3.8, 4) is 0 Å². The van der Waals surface area contributed by atoms with Gasteiger partial charge in [-0.3, -0.25) is 4.79 Å². The van der Waals surface area contributed by atoms with E-state index < -0.39 is 6.10 Å². The molecule has 5 heteroatoms. The molecule has 1 aromatic carbocycles. The van der Waals surface area contributed by atoms with Crippen molar-refractivity contribution in [3.63, 3.8) is 0 Å². The van der Waals surface area contributed by atoms with E-state index in [0.29, 0.717) is 11.4 Å². The van der Waals surface area contributed by atoms with Crippen LogP contribution in [-0.4, -0.2) is 34.0 Å². The predicted octanol–water partition coefficient (Wildman–Crippen LogP) is 3.26. The minimum Gasteiger partial charge on any atom is -0.387 e. The van der Waals surface area contributed by atoms with Gasteiger partial charge in [-0.2, -0.15) is 0 Å². The molecule has 2 rings (SSSR count). The quantitative estimate of drug-likeness (QED) is 0.920. The van der Waals surface area contributed by atoms with E-state index in [2.05, 4.69) is 4.98 Å². The summed E-state index contributed by atoms with van der Waals surface area (Å²) in [4.78, 5) is 19.3. The van der Waals surface area contributed by atoms with Crippen LogP contribution in [0.4, 0.5) is 0 Å². The normalized spacial score (nSPS) is 12.2. The lowest BCUT2D eigenvalue weighted by atomic mass is 10.1. The third kappa shape index (κ3) is 3.72. The third-order valence-corrected chi connectivity index (χ3v) is 4.68. The summed E-state index contributed by atoms with van der Waals surface area (Å²) < 4.78 is 0. The predicted molar refractivity (Wildman–Crippen MR) is 89.3 cm³/mol. The molecule has 0 radical (unpaired) electrons. The first-order valence-corrected chi connectivity index (χ1v) is 8.22. The van der Waals surface area contributed by atoms with Gasteiger partial charge in [0.05, 0.1) is 23.4 Å². The fourth-order valence-corrected chi connectivity index (χ4v) is 3.22. The van der Waals surface area contributed by atoms with Gasteiger partial charge in [-0.1, -0.05) is 29.8 Å². The fraction of sp³-hybridized carbons (Fsp3) is 0.412. The number of benzene rings is 1. The van der Waals surface area contributed by atoms with Gasteiger partial charge in [0.1, 0.15) is 4.88 Å². The highest BCUT2D eigenvalue weighted by Crippen LogP contribution is 2.21. The number of aryl methyl sites for hydroxylation is 3. The van der Waals surface area contributed by atoms with Crippen LogP contribution in [0.3, 0.4) is 0 Å². The van der Waals surface area contributed by atoms with Gasteiger partial charge in [0.15, 0.2) is 0 Å². The van der Waals surface area contributed by atoms with Crippen LogP contribution in [0.2, 0.25) is 0 Å². The zero-order valence-electron chi connectivity index (χ0n) is 13.5. The number of likely N-dealkylation sites (N-methyl/N-ethyl adjacent to an activating group) is 1. The Morgan fingerprint density at radius 1 is 1.27 bits per heavy atom. The van der Waals surface area contributed by atoms with E-state index in [1.807, 2.05) is 52.0 Å². The van der Waals surface area contributed by atoms with Crippen molar-refractivity contribution in [3.05, 3.63) is 51.0 Å². The van der Waals surface area contributed by atoms with Gasteiger partial charge in [-0.05, 0) is 33.3 Å². The van der Waals surface area contributed by atoms with Crippen molar-refractivity contribution in [1.29, 1.82) is 0 Å². The minimum absolute atomic E-state index is 0.0586. The second-order valence-corrected chi connectivity index (χ2v) is 6.62. The Balaban J connectivity index is 2.13. The molecule has 118 valence electrons. The number of nitrogens with zero attached hydrogens (tertiary/aromatic N) is 2. The molecule has 0 bridgehead atoms. The first-order valence-electron chi connectivity index (χ1n) is 7.40. The Labute approximate surface area is 135 Å². The zero-order valence-corrected chi connectivity index (χ0v) is 14.3. The van der Waals surface area contributed by atoms with Gasteiger partial charge in [-0.15, -0.1) is 11.3 Å².